The van der Waals surface area contributed by atoms with Gasteiger partial charge in [-0.05, 0) is 50.1 Å². The van der Waals surface area contributed by atoms with E-state index in [-0.39, 0.29) is 0 Å². The molecule has 0 fully saturated rings. The minimum absolute atomic E-state index is 0.473. The Morgan fingerprint density at radius 1 is 1.06 bits per heavy atom. The van der Waals surface area contributed by atoms with Crippen molar-refractivity contribution in [3.05, 3.63) is 49.6 Å². The van der Waals surface area contributed by atoms with Gasteiger partial charge in [-0.25, -0.2) is 0 Å². The van der Waals surface area contributed by atoms with Gasteiger partial charge < -0.3 is 5.32 Å². The van der Waals surface area contributed by atoms with Crippen molar-refractivity contribution < 1.29 is 0 Å². The summed E-state index contributed by atoms with van der Waals surface area (Å²) < 4.78 is 1.66. The van der Waals surface area contributed by atoms with E-state index in [0.717, 1.165) is 20.3 Å². The first kappa shape index (κ1) is 13.1. The summed E-state index contributed by atoms with van der Waals surface area (Å²) in [5, 5.41) is 4.11. The number of nitrogens with one attached hydrogen (secondary N) is 1. The quantitative estimate of drug-likeness (QED) is 0.663. The number of anilines is 2. The first-order chi connectivity index (χ1) is 8.08. The molecule has 0 bridgehead atoms. The molecule has 0 atom stereocenters. The van der Waals surface area contributed by atoms with Gasteiger partial charge in [0.2, 0.25) is 0 Å². The van der Waals surface area contributed by atoms with Gasteiger partial charge in [0.25, 0.3) is 0 Å². The molecule has 2 rings (SSSR count). The highest BCUT2D eigenvalue weighted by Gasteiger charge is 2.08. The summed E-state index contributed by atoms with van der Waals surface area (Å²) in [4.78, 5) is 4.06. The zero-order valence-corrected chi connectivity index (χ0v) is 13.0. The molecule has 0 aliphatic carbocycles. The molecule has 1 N–H and O–H groups in total. The molecule has 0 amide bonds. The molecule has 88 valence electrons. The molecular weight excluding hydrogens is 391 g/mol. The van der Waals surface area contributed by atoms with E-state index in [1.807, 2.05) is 18.2 Å². The molecule has 2 nitrogen and oxygen atoms in total. The maximum Gasteiger partial charge on any atom is 0.0838 e. The Hall–Kier alpha value is -0.290. The highest BCUT2D eigenvalue weighted by molar-refractivity contribution is 9.10. The Labute approximate surface area is 126 Å². The van der Waals surface area contributed by atoms with Gasteiger partial charge in [0.1, 0.15) is 0 Å². The van der Waals surface area contributed by atoms with Gasteiger partial charge in [-0.3, -0.25) is 4.98 Å². The van der Waals surface area contributed by atoms with E-state index in [0.29, 0.717) is 10.0 Å². The van der Waals surface area contributed by atoms with Crippen LogP contribution >= 0.6 is 55.1 Å². The summed E-state index contributed by atoms with van der Waals surface area (Å²) in [6, 6.07) is 5.58. The first-order valence-corrected chi connectivity index (χ1v) is 6.93. The molecule has 0 aliphatic rings. The molecule has 17 heavy (non-hydrogen) atoms. The Morgan fingerprint density at radius 2 is 1.82 bits per heavy atom. The summed E-state index contributed by atoms with van der Waals surface area (Å²) in [5.74, 6) is 0. The normalized spacial score (nSPS) is 10.4. The van der Waals surface area contributed by atoms with E-state index >= 15 is 0 Å². The minimum atomic E-state index is 0.473. The molecule has 1 aromatic heterocycles. The lowest BCUT2D eigenvalue weighted by atomic mass is 10.3. The molecule has 0 aliphatic heterocycles. The zero-order valence-electron chi connectivity index (χ0n) is 8.35. The average Bonchev–Trinajstić information content (AvgIpc) is 2.30. The number of benzene rings is 1. The van der Waals surface area contributed by atoms with Crippen LogP contribution in [0.2, 0.25) is 10.0 Å². The fraction of sp³-hybridized carbons (Fsp3) is 0. The van der Waals surface area contributed by atoms with Crippen molar-refractivity contribution in [1.82, 2.24) is 4.98 Å². The number of nitrogens with zero attached hydrogens (tertiary/aromatic N) is 1. The van der Waals surface area contributed by atoms with Gasteiger partial charge >= 0.3 is 0 Å². The maximum atomic E-state index is 6.13. The Balaban J connectivity index is 2.34. The minimum Gasteiger partial charge on any atom is -0.353 e. The topological polar surface area (TPSA) is 24.9 Å². The van der Waals surface area contributed by atoms with E-state index in [2.05, 4.69) is 42.2 Å². The van der Waals surface area contributed by atoms with Crippen LogP contribution in [-0.4, -0.2) is 4.98 Å². The highest BCUT2D eigenvalue weighted by Crippen LogP contribution is 2.37. The molecule has 1 aromatic carbocycles. The molecule has 0 radical (unpaired) electrons. The second-order valence-electron chi connectivity index (χ2n) is 3.24. The fourth-order valence-electron chi connectivity index (χ4n) is 1.26. The second kappa shape index (κ2) is 5.57. The van der Waals surface area contributed by atoms with Crippen LogP contribution in [0.4, 0.5) is 11.4 Å². The SMILES string of the molecule is Clc1c(Br)ccc(Nc2cncc(Br)c2)c1Cl. The third-order valence-corrected chi connectivity index (χ3v) is 4.22. The summed E-state index contributed by atoms with van der Waals surface area (Å²) in [6.45, 7) is 0. The molecule has 2 aromatic rings. The van der Waals surface area contributed by atoms with Crippen LogP contribution in [0.25, 0.3) is 0 Å². The Bertz CT molecular complexity index is 561. The van der Waals surface area contributed by atoms with Gasteiger partial charge in [-0.15, -0.1) is 0 Å². The molecular formula is C11H6Br2Cl2N2. The molecule has 0 spiro atoms. The van der Waals surface area contributed by atoms with Gasteiger partial charge in [-0.2, -0.15) is 0 Å². The summed E-state index contributed by atoms with van der Waals surface area (Å²) in [6.07, 6.45) is 3.42. The van der Waals surface area contributed by atoms with E-state index in [4.69, 9.17) is 23.2 Å². The number of hydrogen-bond acceptors (Lipinski definition) is 2. The number of rotatable bonds is 2. The lowest BCUT2D eigenvalue weighted by Crippen LogP contribution is -1.92. The van der Waals surface area contributed by atoms with Crippen LogP contribution in [0.5, 0.6) is 0 Å². The molecule has 0 saturated carbocycles. The number of halogens is 4. The number of hydrogen-bond donors (Lipinski definition) is 1. The van der Waals surface area contributed by atoms with E-state index in [1.165, 1.54) is 0 Å². The van der Waals surface area contributed by atoms with Crippen molar-refractivity contribution in [2.24, 2.45) is 0 Å². The van der Waals surface area contributed by atoms with Crippen LogP contribution in [0.15, 0.2) is 39.5 Å². The maximum absolute atomic E-state index is 6.13. The van der Waals surface area contributed by atoms with Crippen molar-refractivity contribution in [2.45, 2.75) is 0 Å². The van der Waals surface area contributed by atoms with Crippen molar-refractivity contribution in [2.75, 3.05) is 5.32 Å². The zero-order chi connectivity index (χ0) is 12.4. The van der Waals surface area contributed by atoms with Crippen LogP contribution in [0.3, 0.4) is 0 Å². The molecule has 0 saturated heterocycles. The van der Waals surface area contributed by atoms with Crippen LogP contribution in [0, 0.1) is 0 Å². The average molecular weight is 397 g/mol. The monoisotopic (exact) mass is 394 g/mol. The van der Waals surface area contributed by atoms with Crippen LogP contribution < -0.4 is 5.32 Å². The van der Waals surface area contributed by atoms with E-state index in [9.17, 15) is 0 Å². The van der Waals surface area contributed by atoms with Gasteiger partial charge in [0, 0.05) is 15.1 Å². The largest absolute Gasteiger partial charge is 0.353 e. The van der Waals surface area contributed by atoms with Crippen LogP contribution in [-0.2, 0) is 0 Å². The Kier molecular flexibility index (Phi) is 4.31. The molecule has 6 heteroatoms. The lowest BCUT2D eigenvalue weighted by Gasteiger charge is -2.10. The van der Waals surface area contributed by atoms with E-state index in [1.54, 1.807) is 12.4 Å². The first-order valence-electron chi connectivity index (χ1n) is 4.59. The van der Waals surface area contributed by atoms with Crippen molar-refractivity contribution in [3.63, 3.8) is 0 Å². The van der Waals surface area contributed by atoms with Crippen molar-refractivity contribution in [1.29, 1.82) is 0 Å². The second-order valence-corrected chi connectivity index (χ2v) is 5.77. The molecule has 1 heterocycles. The highest BCUT2D eigenvalue weighted by atomic mass is 79.9. The van der Waals surface area contributed by atoms with E-state index < -0.39 is 0 Å². The molecule has 0 unspecified atom stereocenters. The summed E-state index contributed by atoms with van der Waals surface area (Å²) in [5.41, 5.74) is 1.57. The predicted molar refractivity (Wildman–Crippen MR) is 79.4 cm³/mol. The Morgan fingerprint density at radius 3 is 2.53 bits per heavy atom. The predicted octanol–water partition coefficient (Wildman–Crippen LogP) is 5.66. The summed E-state index contributed by atoms with van der Waals surface area (Å²) >= 11 is 18.8. The summed E-state index contributed by atoms with van der Waals surface area (Å²) in [7, 11) is 0. The van der Waals surface area contributed by atoms with Crippen molar-refractivity contribution in [3.8, 4) is 0 Å². The third-order valence-electron chi connectivity index (χ3n) is 2.02. The lowest BCUT2D eigenvalue weighted by molar-refractivity contribution is 1.30. The standard InChI is InChI=1S/C11H6Br2Cl2N2/c12-6-3-7(5-16-4-6)17-9-2-1-8(13)10(14)11(9)15/h1-5,17H. The third kappa shape index (κ3) is 3.13. The van der Waals surface area contributed by atoms with Gasteiger partial charge in [0.05, 0.1) is 27.6 Å². The number of aromatic nitrogens is 1. The number of pyridine rings is 1. The van der Waals surface area contributed by atoms with Crippen LogP contribution in [0.1, 0.15) is 0 Å². The van der Waals surface area contributed by atoms with Gasteiger partial charge in [0.15, 0.2) is 0 Å². The fourth-order valence-corrected chi connectivity index (χ4v) is 2.44. The van der Waals surface area contributed by atoms with Crippen molar-refractivity contribution >= 4 is 66.4 Å². The smallest absolute Gasteiger partial charge is 0.0838 e. The van der Waals surface area contributed by atoms with Gasteiger partial charge in [-0.1, -0.05) is 23.2 Å².